The number of ether oxygens (including phenoxy) is 1. The molecule has 5 rings (SSSR count). The molecule has 2 N–H and O–H groups in total. The van der Waals surface area contributed by atoms with Crippen molar-refractivity contribution in [3.05, 3.63) is 29.8 Å². The van der Waals surface area contributed by atoms with E-state index in [9.17, 15) is 0 Å². The highest BCUT2D eigenvalue weighted by Crippen LogP contribution is 2.62. The van der Waals surface area contributed by atoms with Crippen molar-refractivity contribution in [1.29, 1.82) is 0 Å². The van der Waals surface area contributed by atoms with Gasteiger partial charge in [0.15, 0.2) is 5.96 Å². The van der Waals surface area contributed by atoms with Gasteiger partial charge in [0.05, 0.1) is 12.1 Å². The third-order valence-electron chi connectivity index (χ3n) is 7.75. The minimum Gasteiger partial charge on any atom is -0.377 e. The van der Waals surface area contributed by atoms with Gasteiger partial charge >= 0.3 is 0 Å². The molecule has 4 fully saturated rings. The van der Waals surface area contributed by atoms with Crippen LogP contribution in [-0.2, 0) is 4.74 Å². The fraction of sp³-hybridized carbons (Fsp3) is 0.696. The molecular weight excluding hydrogens is 475 g/mol. The second-order valence-corrected chi connectivity index (χ2v) is 9.18. The van der Waals surface area contributed by atoms with Crippen molar-refractivity contribution >= 4 is 35.6 Å². The van der Waals surface area contributed by atoms with Gasteiger partial charge in [-0.2, -0.15) is 0 Å². The number of halogens is 1. The molecule has 1 aromatic carbocycles. The molecule has 0 bridgehead atoms. The molecule has 29 heavy (non-hydrogen) atoms. The summed E-state index contributed by atoms with van der Waals surface area (Å²) < 4.78 is 6.06. The Balaban J connectivity index is 0.00000205. The van der Waals surface area contributed by atoms with Crippen LogP contribution >= 0.6 is 24.0 Å². The maximum atomic E-state index is 6.06. The zero-order valence-corrected chi connectivity index (χ0v) is 20.0. The fourth-order valence-corrected chi connectivity index (χ4v) is 6.03. The van der Waals surface area contributed by atoms with E-state index >= 15 is 0 Å². The Labute approximate surface area is 192 Å². The second-order valence-electron chi connectivity index (χ2n) is 9.18. The molecule has 2 aliphatic heterocycles. The SMILES string of the molecule is CN=C(NC(C)c1cccc(N2CCCC2)c1)NC1C2CCOC2C12CCC2.I. The van der Waals surface area contributed by atoms with E-state index in [4.69, 9.17) is 4.74 Å². The van der Waals surface area contributed by atoms with Crippen molar-refractivity contribution in [3.63, 3.8) is 0 Å². The van der Waals surface area contributed by atoms with Gasteiger partial charge in [-0.1, -0.05) is 18.6 Å². The van der Waals surface area contributed by atoms with Gasteiger partial charge in [0.2, 0.25) is 0 Å². The first-order chi connectivity index (χ1) is 13.7. The molecule has 0 aromatic heterocycles. The molecule has 0 radical (unpaired) electrons. The van der Waals surface area contributed by atoms with E-state index in [1.165, 1.54) is 62.9 Å². The summed E-state index contributed by atoms with van der Waals surface area (Å²) in [7, 11) is 1.89. The zero-order chi connectivity index (χ0) is 19.1. The quantitative estimate of drug-likeness (QED) is 0.364. The highest BCUT2D eigenvalue weighted by atomic mass is 127. The predicted molar refractivity (Wildman–Crippen MR) is 129 cm³/mol. The minimum atomic E-state index is 0. The molecule has 1 aromatic rings. The number of benzene rings is 1. The number of nitrogens with one attached hydrogen (secondary N) is 2. The highest BCUT2D eigenvalue weighted by molar-refractivity contribution is 14.0. The third-order valence-corrected chi connectivity index (χ3v) is 7.75. The lowest BCUT2D eigenvalue weighted by Gasteiger charge is -2.63. The van der Waals surface area contributed by atoms with E-state index in [1.54, 1.807) is 0 Å². The van der Waals surface area contributed by atoms with Crippen molar-refractivity contribution in [2.45, 2.75) is 63.6 Å². The Morgan fingerprint density at radius 3 is 2.72 bits per heavy atom. The molecule has 2 heterocycles. The number of nitrogens with zero attached hydrogens (tertiary/aromatic N) is 2. The van der Waals surface area contributed by atoms with Gasteiger partial charge < -0.3 is 20.3 Å². The Morgan fingerprint density at radius 1 is 1.24 bits per heavy atom. The summed E-state index contributed by atoms with van der Waals surface area (Å²) in [6.45, 7) is 5.53. The maximum Gasteiger partial charge on any atom is 0.191 e. The lowest BCUT2D eigenvalue weighted by atomic mass is 9.46. The number of hydrogen-bond donors (Lipinski definition) is 2. The molecule has 6 heteroatoms. The van der Waals surface area contributed by atoms with E-state index in [1.807, 2.05) is 7.05 Å². The van der Waals surface area contributed by atoms with E-state index in [-0.39, 0.29) is 30.0 Å². The highest BCUT2D eigenvalue weighted by Gasteiger charge is 2.66. The molecule has 4 unspecified atom stereocenters. The summed E-state index contributed by atoms with van der Waals surface area (Å²) in [5, 5.41) is 7.43. The normalized spacial score (nSPS) is 30.8. The van der Waals surface area contributed by atoms with Crippen LogP contribution in [-0.4, -0.2) is 44.8 Å². The number of anilines is 1. The number of aliphatic imine (C=N–C) groups is 1. The van der Waals surface area contributed by atoms with Crippen LogP contribution in [0.1, 0.15) is 57.1 Å². The van der Waals surface area contributed by atoms with Gasteiger partial charge in [-0.15, -0.1) is 24.0 Å². The maximum absolute atomic E-state index is 6.06. The first kappa shape index (κ1) is 21.2. The number of guanidine groups is 1. The van der Waals surface area contributed by atoms with E-state index in [0.717, 1.165) is 12.6 Å². The van der Waals surface area contributed by atoms with Crippen molar-refractivity contribution in [3.8, 4) is 0 Å². The average molecular weight is 510 g/mol. The topological polar surface area (TPSA) is 48.9 Å². The van der Waals surface area contributed by atoms with Gasteiger partial charge in [-0.3, -0.25) is 4.99 Å². The van der Waals surface area contributed by atoms with E-state index in [2.05, 4.69) is 51.7 Å². The first-order valence-corrected chi connectivity index (χ1v) is 11.2. The standard InChI is InChI=1S/C23H34N4O.HI/c1-16(17-7-5-8-18(15-17)27-12-3-4-13-27)25-22(24-2)26-20-19-9-14-28-21(19)23(20)10-6-11-23;/h5,7-8,15-16,19-21H,3-4,6,9-14H2,1-2H3,(H2,24,25,26);1H. The zero-order valence-electron chi connectivity index (χ0n) is 17.7. The Bertz CT molecular complexity index is 744. The molecule has 5 nitrogen and oxygen atoms in total. The summed E-state index contributed by atoms with van der Waals surface area (Å²) in [5.74, 6) is 1.59. The monoisotopic (exact) mass is 510 g/mol. The summed E-state index contributed by atoms with van der Waals surface area (Å²) in [6.07, 6.45) is 8.25. The van der Waals surface area contributed by atoms with Crippen molar-refractivity contribution < 1.29 is 4.74 Å². The Hall–Kier alpha value is -1.02. The predicted octanol–water partition coefficient (Wildman–Crippen LogP) is 4.09. The van der Waals surface area contributed by atoms with E-state index in [0.29, 0.717) is 23.5 Å². The largest absolute Gasteiger partial charge is 0.377 e. The second kappa shape index (κ2) is 8.61. The van der Waals surface area contributed by atoms with Gasteiger partial charge in [-0.25, -0.2) is 0 Å². The lowest BCUT2D eigenvalue weighted by Crippen LogP contribution is -2.72. The summed E-state index contributed by atoms with van der Waals surface area (Å²) in [4.78, 5) is 7.05. The Kier molecular flexibility index (Phi) is 6.30. The van der Waals surface area contributed by atoms with Gasteiger partial charge in [-0.05, 0) is 56.7 Å². The van der Waals surface area contributed by atoms with Crippen LogP contribution < -0.4 is 15.5 Å². The summed E-state index contributed by atoms with van der Waals surface area (Å²) in [6, 6.07) is 9.73. The van der Waals surface area contributed by atoms with Gasteiger partial charge in [0.25, 0.3) is 0 Å². The lowest BCUT2D eigenvalue weighted by molar-refractivity contribution is -0.171. The molecule has 2 saturated heterocycles. The van der Waals surface area contributed by atoms with Crippen LogP contribution in [0, 0.1) is 11.3 Å². The summed E-state index contributed by atoms with van der Waals surface area (Å²) >= 11 is 0. The van der Waals surface area contributed by atoms with Crippen molar-refractivity contribution in [1.82, 2.24) is 10.6 Å². The van der Waals surface area contributed by atoms with Crippen LogP contribution in [0.2, 0.25) is 0 Å². The molecule has 4 aliphatic rings. The van der Waals surface area contributed by atoms with Crippen molar-refractivity contribution in [2.24, 2.45) is 16.3 Å². The third kappa shape index (κ3) is 3.64. The summed E-state index contributed by atoms with van der Waals surface area (Å²) in [5.41, 5.74) is 3.05. The minimum absolute atomic E-state index is 0. The van der Waals surface area contributed by atoms with Crippen LogP contribution in [0.4, 0.5) is 5.69 Å². The molecule has 2 aliphatic carbocycles. The fourth-order valence-electron chi connectivity index (χ4n) is 6.03. The smallest absolute Gasteiger partial charge is 0.191 e. The van der Waals surface area contributed by atoms with Gasteiger partial charge in [0.1, 0.15) is 0 Å². The molecule has 2 saturated carbocycles. The van der Waals surface area contributed by atoms with Crippen LogP contribution in [0.25, 0.3) is 0 Å². The van der Waals surface area contributed by atoms with E-state index < -0.39 is 0 Å². The Morgan fingerprint density at radius 2 is 2.03 bits per heavy atom. The molecule has 4 atom stereocenters. The van der Waals surface area contributed by atoms with Crippen LogP contribution in [0.5, 0.6) is 0 Å². The van der Waals surface area contributed by atoms with Crippen molar-refractivity contribution in [2.75, 3.05) is 31.6 Å². The molecule has 160 valence electrons. The number of hydrogen-bond acceptors (Lipinski definition) is 3. The molecular formula is C23H35IN4O. The van der Waals surface area contributed by atoms with Crippen LogP contribution in [0.15, 0.2) is 29.3 Å². The van der Waals surface area contributed by atoms with Gasteiger partial charge in [0, 0.05) is 49.8 Å². The molecule has 1 spiro atoms. The first-order valence-electron chi connectivity index (χ1n) is 11.2. The average Bonchev–Trinajstić information content (AvgIpc) is 3.35. The number of rotatable bonds is 4. The number of fused-ring (bicyclic) bond motifs is 2. The van der Waals surface area contributed by atoms with Crippen LogP contribution in [0.3, 0.4) is 0 Å². The molecule has 0 amide bonds.